The second-order valence-electron chi connectivity index (χ2n) is 3.78. The summed E-state index contributed by atoms with van der Waals surface area (Å²) >= 11 is 2.04. The third-order valence-corrected chi connectivity index (χ3v) is 3.27. The standard InChI is InChI=1S/C10H23NS/c1-5-8-12-9-7-11-10(3,4)6-2/h11H,5-9H2,1-4H3. The van der Waals surface area contributed by atoms with E-state index in [4.69, 9.17) is 0 Å². The van der Waals surface area contributed by atoms with Crippen molar-refractivity contribution < 1.29 is 0 Å². The van der Waals surface area contributed by atoms with E-state index in [9.17, 15) is 0 Å². The Kier molecular flexibility index (Phi) is 6.96. The summed E-state index contributed by atoms with van der Waals surface area (Å²) in [6.45, 7) is 10.1. The minimum absolute atomic E-state index is 0.326. The summed E-state index contributed by atoms with van der Waals surface area (Å²) in [5.74, 6) is 2.55. The molecule has 0 heterocycles. The van der Waals surface area contributed by atoms with E-state index >= 15 is 0 Å². The molecule has 12 heavy (non-hydrogen) atoms. The maximum Gasteiger partial charge on any atom is 0.0122 e. The Labute approximate surface area is 81.7 Å². The van der Waals surface area contributed by atoms with Gasteiger partial charge in [-0.3, -0.25) is 0 Å². The Balaban J connectivity index is 3.19. The average Bonchev–Trinajstić information content (AvgIpc) is 2.04. The Morgan fingerprint density at radius 1 is 1.17 bits per heavy atom. The molecule has 0 aliphatic rings. The zero-order chi connectivity index (χ0) is 9.45. The lowest BCUT2D eigenvalue weighted by molar-refractivity contribution is 0.388. The molecule has 0 amide bonds. The van der Waals surface area contributed by atoms with E-state index in [1.165, 1.54) is 24.3 Å². The van der Waals surface area contributed by atoms with E-state index < -0.39 is 0 Å². The predicted octanol–water partition coefficient (Wildman–Crippen LogP) is 2.91. The van der Waals surface area contributed by atoms with Gasteiger partial charge < -0.3 is 5.32 Å². The van der Waals surface area contributed by atoms with Gasteiger partial charge in [0.05, 0.1) is 0 Å². The van der Waals surface area contributed by atoms with E-state index in [1.54, 1.807) is 0 Å². The van der Waals surface area contributed by atoms with E-state index in [-0.39, 0.29) is 0 Å². The predicted molar refractivity (Wildman–Crippen MR) is 60.0 cm³/mol. The van der Waals surface area contributed by atoms with Crippen molar-refractivity contribution in [1.82, 2.24) is 5.32 Å². The minimum Gasteiger partial charge on any atom is -0.311 e. The van der Waals surface area contributed by atoms with E-state index in [0.29, 0.717) is 5.54 Å². The summed E-state index contributed by atoms with van der Waals surface area (Å²) in [6, 6.07) is 0. The van der Waals surface area contributed by atoms with Crippen LogP contribution in [0.2, 0.25) is 0 Å². The van der Waals surface area contributed by atoms with Crippen LogP contribution in [0.15, 0.2) is 0 Å². The van der Waals surface area contributed by atoms with Crippen molar-refractivity contribution in [3.63, 3.8) is 0 Å². The first kappa shape index (κ1) is 12.3. The van der Waals surface area contributed by atoms with Gasteiger partial charge in [0.2, 0.25) is 0 Å². The van der Waals surface area contributed by atoms with Crippen molar-refractivity contribution in [3.05, 3.63) is 0 Å². The van der Waals surface area contributed by atoms with Crippen LogP contribution < -0.4 is 5.32 Å². The van der Waals surface area contributed by atoms with Crippen molar-refractivity contribution in [1.29, 1.82) is 0 Å². The Bertz CT molecular complexity index is 102. The molecule has 0 aliphatic carbocycles. The first-order valence-electron chi connectivity index (χ1n) is 4.95. The summed E-state index contributed by atoms with van der Waals surface area (Å²) in [5, 5.41) is 3.55. The van der Waals surface area contributed by atoms with Crippen LogP contribution in [0.1, 0.15) is 40.5 Å². The number of hydrogen-bond acceptors (Lipinski definition) is 2. The fourth-order valence-electron chi connectivity index (χ4n) is 0.833. The largest absolute Gasteiger partial charge is 0.311 e. The lowest BCUT2D eigenvalue weighted by Crippen LogP contribution is -2.39. The molecule has 0 aliphatic heterocycles. The van der Waals surface area contributed by atoms with Crippen LogP contribution in [0.3, 0.4) is 0 Å². The molecule has 0 bridgehead atoms. The van der Waals surface area contributed by atoms with Crippen LogP contribution in [0.25, 0.3) is 0 Å². The monoisotopic (exact) mass is 189 g/mol. The van der Waals surface area contributed by atoms with Crippen LogP contribution in [-0.4, -0.2) is 23.6 Å². The number of nitrogens with one attached hydrogen (secondary N) is 1. The summed E-state index contributed by atoms with van der Waals surface area (Å²) in [5.41, 5.74) is 0.326. The number of thioether (sulfide) groups is 1. The molecule has 0 aromatic carbocycles. The molecule has 1 N–H and O–H groups in total. The molecular weight excluding hydrogens is 166 g/mol. The molecule has 0 rings (SSSR count). The molecule has 0 fully saturated rings. The van der Waals surface area contributed by atoms with Gasteiger partial charge in [0.15, 0.2) is 0 Å². The zero-order valence-electron chi connectivity index (χ0n) is 8.94. The Hall–Kier alpha value is 0.310. The molecule has 0 unspecified atom stereocenters. The summed E-state index contributed by atoms with van der Waals surface area (Å²) in [6.07, 6.45) is 2.49. The molecule has 2 heteroatoms. The highest BCUT2D eigenvalue weighted by Crippen LogP contribution is 2.07. The lowest BCUT2D eigenvalue weighted by Gasteiger charge is -2.24. The molecule has 0 saturated carbocycles. The van der Waals surface area contributed by atoms with E-state index in [0.717, 1.165) is 6.54 Å². The quantitative estimate of drug-likeness (QED) is 0.618. The molecule has 0 spiro atoms. The van der Waals surface area contributed by atoms with Crippen molar-refractivity contribution in [2.45, 2.75) is 46.1 Å². The Morgan fingerprint density at radius 2 is 1.83 bits per heavy atom. The first-order valence-corrected chi connectivity index (χ1v) is 6.10. The fraction of sp³-hybridized carbons (Fsp3) is 1.00. The van der Waals surface area contributed by atoms with Crippen LogP contribution in [-0.2, 0) is 0 Å². The smallest absolute Gasteiger partial charge is 0.0122 e. The highest BCUT2D eigenvalue weighted by atomic mass is 32.2. The summed E-state index contributed by atoms with van der Waals surface area (Å²) in [7, 11) is 0. The molecule has 0 radical (unpaired) electrons. The lowest BCUT2D eigenvalue weighted by atomic mass is 10.0. The maximum atomic E-state index is 3.55. The molecule has 0 saturated heterocycles. The molecule has 74 valence electrons. The first-order chi connectivity index (χ1) is 5.62. The second-order valence-corrected chi connectivity index (χ2v) is 5.00. The third-order valence-electron chi connectivity index (χ3n) is 2.08. The highest BCUT2D eigenvalue weighted by molar-refractivity contribution is 7.99. The second kappa shape index (κ2) is 6.79. The van der Waals surface area contributed by atoms with Gasteiger partial charge in [-0.1, -0.05) is 13.8 Å². The molecule has 0 atom stereocenters. The van der Waals surface area contributed by atoms with Gasteiger partial charge in [-0.15, -0.1) is 0 Å². The fourth-order valence-corrected chi connectivity index (χ4v) is 1.57. The third kappa shape index (κ3) is 6.99. The maximum absolute atomic E-state index is 3.55. The van der Waals surface area contributed by atoms with E-state index in [2.05, 4.69) is 33.0 Å². The molecule has 1 nitrogen and oxygen atoms in total. The summed E-state index contributed by atoms with van der Waals surface area (Å²) < 4.78 is 0. The SMILES string of the molecule is CCCSCCNC(C)(C)CC. The van der Waals surface area contributed by atoms with Gasteiger partial charge in [0.25, 0.3) is 0 Å². The van der Waals surface area contributed by atoms with Gasteiger partial charge in [0.1, 0.15) is 0 Å². The molecule has 0 aromatic heterocycles. The molecule has 0 aromatic rings. The van der Waals surface area contributed by atoms with Crippen molar-refractivity contribution in [2.75, 3.05) is 18.1 Å². The zero-order valence-corrected chi connectivity index (χ0v) is 9.76. The van der Waals surface area contributed by atoms with E-state index in [1.807, 2.05) is 11.8 Å². The Morgan fingerprint density at radius 3 is 2.33 bits per heavy atom. The van der Waals surface area contributed by atoms with Gasteiger partial charge in [-0.05, 0) is 32.4 Å². The van der Waals surface area contributed by atoms with Gasteiger partial charge >= 0.3 is 0 Å². The van der Waals surface area contributed by atoms with Crippen molar-refractivity contribution in [2.24, 2.45) is 0 Å². The average molecular weight is 189 g/mol. The number of hydrogen-bond donors (Lipinski definition) is 1. The van der Waals surface area contributed by atoms with Gasteiger partial charge in [-0.25, -0.2) is 0 Å². The van der Waals surface area contributed by atoms with Gasteiger partial charge in [-0.2, -0.15) is 11.8 Å². The number of rotatable bonds is 7. The normalized spacial score (nSPS) is 12.0. The van der Waals surface area contributed by atoms with Crippen LogP contribution in [0.4, 0.5) is 0 Å². The van der Waals surface area contributed by atoms with Crippen LogP contribution in [0.5, 0.6) is 0 Å². The van der Waals surface area contributed by atoms with Crippen molar-refractivity contribution >= 4 is 11.8 Å². The summed E-state index contributed by atoms with van der Waals surface area (Å²) in [4.78, 5) is 0. The molecular formula is C10H23NS. The topological polar surface area (TPSA) is 12.0 Å². The van der Waals surface area contributed by atoms with Gasteiger partial charge in [0, 0.05) is 17.8 Å². The van der Waals surface area contributed by atoms with Crippen molar-refractivity contribution in [3.8, 4) is 0 Å². The highest BCUT2D eigenvalue weighted by Gasteiger charge is 2.12. The van der Waals surface area contributed by atoms with Crippen LogP contribution in [0, 0.1) is 0 Å². The van der Waals surface area contributed by atoms with Crippen LogP contribution >= 0.6 is 11.8 Å². The minimum atomic E-state index is 0.326.